The number of amides is 1. The Morgan fingerprint density at radius 1 is 0.876 bits per heavy atom. The van der Waals surface area contributed by atoms with Gasteiger partial charge in [-0.15, -0.1) is 4.33 Å². The summed E-state index contributed by atoms with van der Waals surface area (Å²) in [5.41, 5.74) is 0.341. The van der Waals surface area contributed by atoms with Crippen LogP contribution in [0.2, 0.25) is 0 Å². The van der Waals surface area contributed by atoms with E-state index in [2.05, 4.69) is 20.4 Å². The molecule has 6 rings (SSSR count). The number of rotatable bonds is 34. The molecule has 32 nitrogen and oxygen atoms in total. The first-order valence-corrected chi connectivity index (χ1v) is 40.3. The number of fused-ring (bicyclic) bond motifs is 2. The molecule has 1 fully saturated rings. The SMILES string of the molecule is Cc1cn([C@H]2CC(O)[C@@H](COP(=O)(O)CP(=O)(O)CP(=O)(O)CP(=O)(O)NCCNC(=O)CCCCCC3(C)/C(=C\C=C\C4=[N+](CCCS(=O)(=O)O)c5ccc(S(=O)(=O)O)cc5C4(C)C)N(CCCS(=O)(=O)O)c4ccc(SOOO)cc43)O2)c(=O)[nH]c1=O. The Labute approximate surface area is 516 Å². The molecule has 8 atom stereocenters. The minimum absolute atomic E-state index is 0.0253. The molecule has 498 valence electrons. The van der Waals surface area contributed by atoms with Crippen molar-refractivity contribution in [3.63, 3.8) is 0 Å². The first-order chi connectivity index (χ1) is 41.1. The number of benzene rings is 2. The lowest BCUT2D eigenvalue weighted by molar-refractivity contribution is -0.437. The van der Waals surface area contributed by atoms with Gasteiger partial charge in [-0.3, -0.25) is 51.1 Å². The number of H-pyrrole nitrogens is 1. The maximum absolute atomic E-state index is 13.0. The molecule has 0 radical (unpaired) electrons. The maximum Gasteiger partial charge on any atom is 0.337 e. The number of ether oxygens (including phenoxy) is 1. The van der Waals surface area contributed by atoms with Crippen LogP contribution < -0.4 is 26.6 Å². The largest absolute Gasteiger partial charge is 0.390 e. The number of allylic oxidation sites excluding steroid dienone is 4. The Balaban J connectivity index is 1.07. The molecule has 6 unspecified atom stereocenters. The third-order valence-corrected chi connectivity index (χ3v) is 29.2. The summed E-state index contributed by atoms with van der Waals surface area (Å²) in [7, 11) is -33.3. The topological polar surface area (TPSA) is 492 Å². The van der Waals surface area contributed by atoms with Crippen molar-refractivity contribution in [2.75, 3.05) is 66.9 Å². The normalized spacial score (nSPS) is 22.6. The Hall–Kier alpha value is -3.90. The molecule has 2 aromatic carbocycles. The minimum atomic E-state index is -5.07. The van der Waals surface area contributed by atoms with E-state index in [1.807, 2.05) is 11.8 Å². The van der Waals surface area contributed by atoms with Crippen LogP contribution in [0, 0.1) is 6.92 Å². The molecule has 12 N–H and O–H groups in total. The van der Waals surface area contributed by atoms with E-state index in [4.69, 9.17) is 18.9 Å². The van der Waals surface area contributed by atoms with Crippen LogP contribution in [0.1, 0.15) is 95.1 Å². The number of nitrogens with zero attached hydrogens (tertiary/aromatic N) is 3. The number of anilines is 1. The van der Waals surface area contributed by atoms with Gasteiger partial charge in [0.15, 0.2) is 5.71 Å². The fraction of sp³-hybridized carbons (Fsp3) is 0.551. The number of aromatic nitrogens is 2. The van der Waals surface area contributed by atoms with E-state index in [0.717, 1.165) is 10.1 Å². The smallest absolute Gasteiger partial charge is 0.337 e. The van der Waals surface area contributed by atoms with Crippen LogP contribution in [0.5, 0.6) is 0 Å². The van der Waals surface area contributed by atoms with E-state index < -0.39 is 149 Å². The second-order valence-corrected chi connectivity index (χ2v) is 37.7. The molecule has 3 aliphatic rings. The number of aryl methyl sites for hydroxylation is 1. The molecule has 3 aliphatic heterocycles. The van der Waals surface area contributed by atoms with Crippen molar-refractivity contribution in [1.82, 2.24) is 20.0 Å². The Morgan fingerprint density at radius 3 is 2.21 bits per heavy atom. The van der Waals surface area contributed by atoms with Crippen molar-refractivity contribution in [2.24, 2.45) is 0 Å². The summed E-state index contributed by atoms with van der Waals surface area (Å²) < 4.78 is 171. The quantitative estimate of drug-likeness (QED) is 0.00746. The average Bonchev–Trinajstić information content (AvgIpc) is 1.60. The van der Waals surface area contributed by atoms with Crippen molar-refractivity contribution < 1.29 is 115 Å². The number of hydrogen-bond acceptors (Lipinski definition) is 21. The van der Waals surface area contributed by atoms with Crippen LogP contribution in [-0.4, -0.2) is 169 Å². The van der Waals surface area contributed by atoms with E-state index in [1.165, 1.54) is 31.3 Å². The van der Waals surface area contributed by atoms with E-state index >= 15 is 0 Å². The van der Waals surface area contributed by atoms with Gasteiger partial charge in [0.05, 0.1) is 46.6 Å². The lowest BCUT2D eigenvalue weighted by Crippen LogP contribution is -2.33. The number of nitrogens with one attached hydrogen (secondary N) is 3. The second-order valence-electron chi connectivity index (χ2n) is 22.4. The zero-order chi connectivity index (χ0) is 66.3. The summed E-state index contributed by atoms with van der Waals surface area (Å²) in [6, 6.07) is 9.19. The number of carbonyl (C=O) groups is 1. The molecule has 0 saturated carbocycles. The standard InChI is InChI=1S/C49H72N6O26P4S4/c1-33-28-55(47(59)52-46(33)58)45-27-40(56)41(79-45)29-78-85(67,68)32-83(63,64)30-82(61,62)31-84(65,66)51-20-19-50-44(57)13-6-5-7-18-49(4)37-25-34(86-81-80-60)14-16-39(37)54(22-10-24-88(72,73)74)43(49)12-8-11-42-48(2,3)36-26-35(89(75,76)77)15-17-38(36)53(42)21-9-23-87(69,70)71/h8,11-12,14-17,25-26,28,40-41,45,56H,5-7,9-10,13,18-24,27,29-32H2,1-4H3,(H10-,50,51,52,57,58,59,60,61,62,63,64,65,66,67,68,69,70,71,72,73,74,75,76,77)/p+1/t40?,41-,45-,49?/m1/s1. The van der Waals surface area contributed by atoms with Crippen LogP contribution in [-0.2, 0) is 82.9 Å². The van der Waals surface area contributed by atoms with Gasteiger partial charge in [0.1, 0.15) is 36.6 Å². The third-order valence-electron chi connectivity index (χ3n) is 14.8. The monoisotopic (exact) mass is 1410 g/mol. The average molecular weight is 1410 g/mol. The number of aromatic amines is 1. The van der Waals surface area contributed by atoms with Gasteiger partial charge in [-0.1, -0.05) is 24.0 Å². The highest BCUT2D eigenvalue weighted by Gasteiger charge is 2.47. The zero-order valence-corrected chi connectivity index (χ0v) is 55.3. The Kier molecular flexibility index (Phi) is 24.6. The van der Waals surface area contributed by atoms with Gasteiger partial charge in [0.2, 0.25) is 26.3 Å². The summed E-state index contributed by atoms with van der Waals surface area (Å²) in [5, 5.41) is 27.9. The number of hydrogen-bond donors (Lipinski definition) is 12. The first kappa shape index (κ1) is 74.1. The van der Waals surface area contributed by atoms with Crippen molar-refractivity contribution in [3.8, 4) is 0 Å². The van der Waals surface area contributed by atoms with E-state index in [0.29, 0.717) is 71.0 Å². The Bertz CT molecular complexity index is 3920. The molecule has 1 aromatic heterocycles. The van der Waals surface area contributed by atoms with Crippen LogP contribution in [0.4, 0.5) is 11.4 Å². The van der Waals surface area contributed by atoms with Crippen molar-refractivity contribution >= 4 is 95.2 Å². The van der Waals surface area contributed by atoms with Gasteiger partial charge in [-0.05, 0) is 88.9 Å². The highest BCUT2D eigenvalue weighted by Crippen LogP contribution is 2.67. The summed E-state index contributed by atoms with van der Waals surface area (Å²) in [6.45, 7) is 5.57. The van der Waals surface area contributed by atoms with E-state index in [-0.39, 0.29) is 55.8 Å². The predicted molar refractivity (Wildman–Crippen MR) is 325 cm³/mol. The molecular weight excluding hydrogens is 1340 g/mol. The molecule has 40 heteroatoms. The van der Waals surface area contributed by atoms with Crippen molar-refractivity contribution in [3.05, 3.63) is 104 Å². The van der Waals surface area contributed by atoms with Gasteiger partial charge in [0, 0.05) is 90.1 Å². The Morgan fingerprint density at radius 2 is 1.55 bits per heavy atom. The van der Waals surface area contributed by atoms with Gasteiger partial charge >= 0.3 is 13.3 Å². The molecular formula is C49H73N6O26P4S4+. The number of aliphatic hydroxyl groups excluding tert-OH is 1. The fourth-order valence-corrected chi connectivity index (χ4v) is 24.0. The van der Waals surface area contributed by atoms with Crippen molar-refractivity contribution in [2.45, 2.75) is 118 Å². The van der Waals surface area contributed by atoms with Crippen LogP contribution in [0.15, 0.2) is 85.9 Å². The van der Waals surface area contributed by atoms with Gasteiger partial charge in [-0.25, -0.2) is 15.1 Å². The highest BCUT2D eigenvalue weighted by atomic mass is 32.2. The molecule has 0 aliphatic carbocycles. The predicted octanol–water partition coefficient (Wildman–Crippen LogP) is 4.48. The summed E-state index contributed by atoms with van der Waals surface area (Å²) >= 11 is 0.691. The lowest BCUT2D eigenvalue weighted by Gasteiger charge is -2.30. The third kappa shape index (κ3) is 20.8. The van der Waals surface area contributed by atoms with Gasteiger partial charge in [0.25, 0.3) is 43.4 Å². The summed E-state index contributed by atoms with van der Waals surface area (Å²) in [4.78, 5) is 83.0. The first-order valence-electron chi connectivity index (χ1n) is 27.3. The molecule has 89 heavy (non-hydrogen) atoms. The van der Waals surface area contributed by atoms with Crippen molar-refractivity contribution in [1.29, 1.82) is 0 Å². The number of unbranched alkanes of at least 4 members (excludes halogenated alkanes) is 2. The molecule has 0 spiro atoms. The molecule has 0 bridgehead atoms. The maximum atomic E-state index is 13.0. The molecule has 1 amide bonds. The molecule has 1 saturated heterocycles. The lowest BCUT2D eigenvalue weighted by atomic mass is 9.77. The van der Waals surface area contributed by atoms with E-state index in [9.17, 15) is 96.2 Å². The highest BCUT2D eigenvalue weighted by molar-refractivity contribution is 7.94. The van der Waals surface area contributed by atoms with Crippen LogP contribution in [0.3, 0.4) is 0 Å². The number of carbonyl (C=O) groups excluding carboxylic acids is 1. The fourth-order valence-electron chi connectivity index (χ4n) is 10.8. The van der Waals surface area contributed by atoms with Gasteiger partial charge < -0.3 is 44.2 Å². The molecule has 3 aromatic rings. The van der Waals surface area contributed by atoms with Crippen LogP contribution >= 0.6 is 41.9 Å². The second kappa shape index (κ2) is 29.6. The number of aliphatic hydroxyl groups is 1. The summed E-state index contributed by atoms with van der Waals surface area (Å²) in [6.07, 6.45) is 3.93. The minimum Gasteiger partial charge on any atom is -0.390 e. The zero-order valence-electron chi connectivity index (χ0n) is 48.5. The van der Waals surface area contributed by atoms with Gasteiger partial charge in [-0.2, -0.15) is 29.8 Å². The van der Waals surface area contributed by atoms with E-state index in [1.54, 1.807) is 54.9 Å². The van der Waals surface area contributed by atoms with Crippen LogP contribution in [0.25, 0.3) is 0 Å². The summed E-state index contributed by atoms with van der Waals surface area (Å²) in [5.74, 6) is -6.22. The molecule has 4 heterocycles.